The van der Waals surface area contributed by atoms with Gasteiger partial charge in [-0.15, -0.1) is 6.42 Å². The van der Waals surface area contributed by atoms with Gasteiger partial charge in [-0.05, 0) is 12.8 Å². The summed E-state index contributed by atoms with van der Waals surface area (Å²) in [6.07, 6.45) is 6.39. The number of hydrogen-bond donors (Lipinski definition) is 5. The number of aliphatic hydroxyl groups excluding tert-OH is 2. The van der Waals surface area contributed by atoms with Crippen molar-refractivity contribution < 1.29 is 24.5 Å². The summed E-state index contributed by atoms with van der Waals surface area (Å²) in [5, 5.41) is 28.1. The highest BCUT2D eigenvalue weighted by Gasteiger charge is 2.43. The van der Waals surface area contributed by atoms with Crippen LogP contribution in [0.25, 0.3) is 0 Å². The van der Waals surface area contributed by atoms with E-state index in [1.54, 1.807) is 0 Å². The van der Waals surface area contributed by atoms with Crippen molar-refractivity contribution in [3.05, 3.63) is 0 Å². The van der Waals surface area contributed by atoms with Gasteiger partial charge in [-0.1, -0.05) is 25.2 Å². The highest BCUT2D eigenvalue weighted by molar-refractivity contribution is 5.77. The first-order valence-corrected chi connectivity index (χ1v) is 8.77. The molecule has 3 amide bonds. The summed E-state index contributed by atoms with van der Waals surface area (Å²) in [5.74, 6) is 1.92. The monoisotopic (exact) mass is 353 g/mol. The van der Waals surface area contributed by atoms with Gasteiger partial charge >= 0.3 is 6.03 Å². The number of aliphatic hydroxyl groups is 2. The topological polar surface area (TPSA) is 120 Å². The van der Waals surface area contributed by atoms with Crippen LogP contribution in [-0.4, -0.2) is 65.7 Å². The number of carbonyl (C=O) groups excluding carboxylic acids is 2. The molecule has 0 bridgehead atoms. The molecule has 25 heavy (non-hydrogen) atoms. The number of nitrogens with one attached hydrogen (secondary N) is 3. The van der Waals surface area contributed by atoms with Gasteiger partial charge in [-0.2, -0.15) is 0 Å². The first-order chi connectivity index (χ1) is 12.0. The van der Waals surface area contributed by atoms with Crippen molar-refractivity contribution in [1.82, 2.24) is 16.0 Å². The Morgan fingerprint density at radius 2 is 1.76 bits per heavy atom. The fourth-order valence-corrected chi connectivity index (χ4v) is 3.24. The van der Waals surface area contributed by atoms with E-state index >= 15 is 0 Å². The molecule has 0 aromatic carbocycles. The quantitative estimate of drug-likeness (QED) is 0.402. The Kier molecular flexibility index (Phi) is 7.50. The molecule has 1 saturated carbocycles. The number of carbonyl (C=O) groups is 2. The third kappa shape index (κ3) is 5.88. The number of hydrogen-bond acceptors (Lipinski definition) is 5. The molecular formula is C17H27N3O5. The SMILES string of the molecule is C#CCNC(=O)CC1OC(CNC(=O)NC2CCCCC2)C(O)C1O. The normalized spacial score (nSPS) is 29.6. The van der Waals surface area contributed by atoms with Crippen LogP contribution in [0.5, 0.6) is 0 Å². The maximum Gasteiger partial charge on any atom is 0.315 e. The van der Waals surface area contributed by atoms with Crippen LogP contribution < -0.4 is 16.0 Å². The van der Waals surface area contributed by atoms with Gasteiger partial charge < -0.3 is 30.9 Å². The predicted octanol–water partition coefficient (Wildman–Crippen LogP) is -0.753. The third-order valence-electron chi connectivity index (χ3n) is 4.64. The second kappa shape index (κ2) is 9.61. The third-order valence-corrected chi connectivity index (χ3v) is 4.64. The lowest BCUT2D eigenvalue weighted by Crippen LogP contribution is -2.47. The Morgan fingerprint density at radius 1 is 1.08 bits per heavy atom. The summed E-state index contributed by atoms with van der Waals surface area (Å²) in [7, 11) is 0. The number of amides is 3. The Labute approximate surface area is 147 Å². The molecule has 140 valence electrons. The van der Waals surface area contributed by atoms with E-state index in [9.17, 15) is 19.8 Å². The van der Waals surface area contributed by atoms with Gasteiger partial charge in [-0.3, -0.25) is 4.79 Å². The van der Waals surface area contributed by atoms with Crippen molar-refractivity contribution in [3.8, 4) is 12.3 Å². The van der Waals surface area contributed by atoms with E-state index in [0.29, 0.717) is 0 Å². The molecule has 1 saturated heterocycles. The number of ether oxygens (including phenoxy) is 1. The lowest BCUT2D eigenvalue weighted by Gasteiger charge is -2.23. The molecule has 0 aromatic heterocycles. The fraction of sp³-hybridized carbons (Fsp3) is 0.765. The molecule has 8 nitrogen and oxygen atoms in total. The van der Waals surface area contributed by atoms with Crippen molar-refractivity contribution in [2.24, 2.45) is 0 Å². The maximum atomic E-state index is 11.9. The number of urea groups is 1. The van der Waals surface area contributed by atoms with E-state index in [-0.39, 0.29) is 37.5 Å². The summed E-state index contributed by atoms with van der Waals surface area (Å²) in [6.45, 7) is 0.149. The minimum atomic E-state index is -1.19. The molecule has 1 heterocycles. The van der Waals surface area contributed by atoms with Crippen molar-refractivity contribution in [1.29, 1.82) is 0 Å². The second-order valence-electron chi connectivity index (χ2n) is 6.57. The van der Waals surface area contributed by atoms with Gasteiger partial charge in [0, 0.05) is 12.6 Å². The fourth-order valence-electron chi connectivity index (χ4n) is 3.24. The molecule has 4 atom stereocenters. The molecular weight excluding hydrogens is 326 g/mol. The van der Waals surface area contributed by atoms with Gasteiger partial charge in [0.15, 0.2) is 0 Å². The van der Waals surface area contributed by atoms with E-state index < -0.39 is 24.4 Å². The van der Waals surface area contributed by atoms with Crippen LogP contribution in [0.2, 0.25) is 0 Å². The van der Waals surface area contributed by atoms with Crippen LogP contribution in [-0.2, 0) is 9.53 Å². The summed E-state index contributed by atoms with van der Waals surface area (Å²) in [4.78, 5) is 23.6. The highest BCUT2D eigenvalue weighted by atomic mass is 16.5. The first-order valence-electron chi connectivity index (χ1n) is 8.77. The van der Waals surface area contributed by atoms with Crippen molar-refractivity contribution in [2.45, 2.75) is 69.0 Å². The first kappa shape index (κ1) is 19.5. The number of terminal acetylenes is 1. The van der Waals surface area contributed by atoms with E-state index in [0.717, 1.165) is 25.7 Å². The average Bonchev–Trinajstić information content (AvgIpc) is 2.87. The molecule has 5 N–H and O–H groups in total. The lowest BCUT2D eigenvalue weighted by molar-refractivity contribution is -0.124. The van der Waals surface area contributed by atoms with Crippen molar-refractivity contribution >= 4 is 11.9 Å². The largest absolute Gasteiger partial charge is 0.388 e. The van der Waals surface area contributed by atoms with Gasteiger partial charge in [-0.25, -0.2) is 4.79 Å². The van der Waals surface area contributed by atoms with Crippen LogP contribution in [0.15, 0.2) is 0 Å². The smallest absolute Gasteiger partial charge is 0.315 e. The molecule has 0 aromatic rings. The molecule has 0 spiro atoms. The summed E-state index contributed by atoms with van der Waals surface area (Å²) in [5.41, 5.74) is 0. The zero-order chi connectivity index (χ0) is 18.2. The van der Waals surface area contributed by atoms with E-state index in [1.807, 2.05) is 0 Å². The van der Waals surface area contributed by atoms with Gasteiger partial charge in [0.05, 0.1) is 19.1 Å². The van der Waals surface area contributed by atoms with Crippen LogP contribution in [0.3, 0.4) is 0 Å². The van der Waals surface area contributed by atoms with Crippen LogP contribution in [0.1, 0.15) is 38.5 Å². The lowest BCUT2D eigenvalue weighted by atomic mass is 9.96. The minimum absolute atomic E-state index is 0.0548. The van der Waals surface area contributed by atoms with Crippen LogP contribution >= 0.6 is 0 Å². The highest BCUT2D eigenvalue weighted by Crippen LogP contribution is 2.23. The standard InChI is InChI=1S/C17H27N3O5/c1-2-8-18-14(21)9-12-15(22)16(23)13(25-12)10-19-17(24)20-11-6-4-3-5-7-11/h1,11-13,15-16,22-23H,3-10H2,(H,18,21)(H2,19,20,24). The van der Waals surface area contributed by atoms with E-state index in [4.69, 9.17) is 11.2 Å². The van der Waals surface area contributed by atoms with E-state index in [1.165, 1.54) is 6.42 Å². The summed E-state index contributed by atoms with van der Waals surface area (Å²) < 4.78 is 5.52. The summed E-state index contributed by atoms with van der Waals surface area (Å²) >= 11 is 0. The van der Waals surface area contributed by atoms with Crippen molar-refractivity contribution in [2.75, 3.05) is 13.1 Å². The maximum absolute atomic E-state index is 11.9. The zero-order valence-electron chi connectivity index (χ0n) is 14.2. The zero-order valence-corrected chi connectivity index (χ0v) is 14.2. The molecule has 2 fully saturated rings. The molecule has 2 rings (SSSR count). The number of rotatable bonds is 6. The van der Waals surface area contributed by atoms with Crippen LogP contribution in [0.4, 0.5) is 4.79 Å². The Morgan fingerprint density at radius 3 is 2.44 bits per heavy atom. The average molecular weight is 353 g/mol. The Bertz CT molecular complexity index is 501. The summed E-state index contributed by atoms with van der Waals surface area (Å²) in [6, 6.07) is -0.131. The van der Waals surface area contributed by atoms with Gasteiger partial charge in [0.2, 0.25) is 5.91 Å². The van der Waals surface area contributed by atoms with Gasteiger partial charge in [0.25, 0.3) is 0 Å². The van der Waals surface area contributed by atoms with E-state index in [2.05, 4.69) is 21.9 Å². The molecule has 8 heteroatoms. The minimum Gasteiger partial charge on any atom is -0.388 e. The Balaban J connectivity index is 1.73. The molecule has 4 unspecified atom stereocenters. The second-order valence-corrected chi connectivity index (χ2v) is 6.57. The Hall–Kier alpha value is -1.82. The molecule has 1 aliphatic heterocycles. The molecule has 0 radical (unpaired) electrons. The molecule has 1 aliphatic carbocycles. The van der Waals surface area contributed by atoms with Crippen LogP contribution in [0, 0.1) is 12.3 Å². The van der Waals surface area contributed by atoms with Crippen molar-refractivity contribution in [3.63, 3.8) is 0 Å². The van der Waals surface area contributed by atoms with Gasteiger partial charge in [0.1, 0.15) is 18.3 Å². The predicted molar refractivity (Wildman–Crippen MR) is 90.5 cm³/mol. The molecule has 2 aliphatic rings.